The zero-order valence-electron chi connectivity index (χ0n) is 23.3. The minimum atomic E-state index is -3.11. The second kappa shape index (κ2) is 11.1. The second-order valence-electron chi connectivity index (χ2n) is 10.6. The van der Waals surface area contributed by atoms with E-state index in [0.29, 0.717) is 53.4 Å². The van der Waals surface area contributed by atoms with Gasteiger partial charge in [0.1, 0.15) is 33.7 Å². The molecule has 4 heterocycles. The van der Waals surface area contributed by atoms with E-state index < -0.39 is 15.4 Å². The van der Waals surface area contributed by atoms with Gasteiger partial charge in [-0.1, -0.05) is 20.8 Å². The maximum Gasteiger partial charge on any atom is 0.340 e. The summed E-state index contributed by atoms with van der Waals surface area (Å²) in [5, 5.41) is 4.77. The number of nitrogens with zero attached hydrogens (tertiary/aromatic N) is 3. The van der Waals surface area contributed by atoms with Crippen molar-refractivity contribution in [1.29, 1.82) is 0 Å². The number of anilines is 2. The van der Waals surface area contributed by atoms with Crippen molar-refractivity contribution in [3.05, 3.63) is 47.4 Å². The normalized spacial score (nSPS) is 19.6. The number of pyridine rings is 3. The highest BCUT2D eigenvalue weighted by Crippen LogP contribution is 2.35. The first-order valence-corrected chi connectivity index (χ1v) is 15.3. The molecule has 3 aromatic heterocycles. The molecule has 0 saturated heterocycles. The monoisotopic (exact) mass is 555 g/mol. The molecule has 0 fully saturated rings. The zero-order chi connectivity index (χ0) is 28.5. The minimum Gasteiger partial charge on any atom is -0.474 e. The van der Waals surface area contributed by atoms with Gasteiger partial charge in [-0.2, -0.15) is 0 Å². The molecule has 0 radical (unpaired) electrons. The Morgan fingerprint density at radius 1 is 1.15 bits per heavy atom. The summed E-state index contributed by atoms with van der Waals surface area (Å²) in [7, 11) is -3.11. The number of hydrogen-bond donors (Lipinski definition) is 2. The fourth-order valence-corrected chi connectivity index (χ4v) is 5.21. The lowest BCUT2D eigenvalue weighted by Crippen LogP contribution is -2.32. The lowest BCUT2D eigenvalue weighted by Gasteiger charge is -2.27. The average Bonchev–Trinajstić information content (AvgIpc) is 2.88. The number of nitrogens with one attached hydrogen (secondary N) is 1. The van der Waals surface area contributed by atoms with Crippen molar-refractivity contribution in [2.75, 3.05) is 17.3 Å². The first kappa shape index (κ1) is 28.7. The molecule has 0 saturated carbocycles. The number of cyclic esters (lactones) is 1. The highest BCUT2D eigenvalue weighted by atomic mass is 32.2. The number of aromatic nitrogens is 3. The van der Waals surface area contributed by atoms with Crippen LogP contribution in [0.1, 0.15) is 81.4 Å². The lowest BCUT2D eigenvalue weighted by atomic mass is 9.88. The highest BCUT2D eigenvalue weighted by Gasteiger charge is 2.31. The van der Waals surface area contributed by atoms with Gasteiger partial charge in [-0.3, -0.25) is 0 Å². The third-order valence-electron chi connectivity index (χ3n) is 7.46. The number of rotatable bonds is 10. The third-order valence-corrected chi connectivity index (χ3v) is 8.44. The molecule has 1 aliphatic rings. The number of fused-ring (bicyclic) bond motifs is 2. The van der Waals surface area contributed by atoms with Gasteiger partial charge in [0.05, 0.1) is 22.4 Å². The van der Waals surface area contributed by atoms with Gasteiger partial charge in [-0.05, 0) is 62.3 Å². The van der Waals surface area contributed by atoms with Crippen LogP contribution in [-0.2, 0) is 20.1 Å². The van der Waals surface area contributed by atoms with E-state index in [0.717, 1.165) is 10.9 Å². The van der Waals surface area contributed by atoms with Gasteiger partial charge in [0, 0.05) is 30.1 Å². The minimum absolute atomic E-state index is 0.0352. The van der Waals surface area contributed by atoms with Gasteiger partial charge in [-0.15, -0.1) is 0 Å². The van der Waals surface area contributed by atoms with E-state index in [2.05, 4.69) is 15.3 Å². The number of nitrogens with two attached hydrogens (primary N) is 1. The molecule has 4 atom stereocenters. The first-order chi connectivity index (χ1) is 18.3. The van der Waals surface area contributed by atoms with Crippen molar-refractivity contribution in [3.8, 4) is 5.88 Å². The van der Waals surface area contributed by atoms with Gasteiger partial charge in [0.25, 0.3) is 0 Å². The van der Waals surface area contributed by atoms with E-state index in [4.69, 9.17) is 20.2 Å². The smallest absolute Gasteiger partial charge is 0.340 e. The molecule has 0 unspecified atom stereocenters. The molecule has 0 spiro atoms. The second-order valence-corrected chi connectivity index (χ2v) is 12.8. The zero-order valence-corrected chi connectivity index (χ0v) is 24.1. The van der Waals surface area contributed by atoms with E-state index in [1.165, 1.54) is 6.26 Å². The topological polar surface area (TPSA) is 146 Å². The maximum atomic E-state index is 12.3. The molecule has 1 aliphatic heterocycles. The summed E-state index contributed by atoms with van der Waals surface area (Å²) in [5.41, 5.74) is 7.99. The number of carbonyl (C=O) groups is 1. The van der Waals surface area contributed by atoms with E-state index in [9.17, 15) is 13.2 Å². The predicted octanol–water partition coefficient (Wildman–Crippen LogP) is 4.61. The summed E-state index contributed by atoms with van der Waals surface area (Å²) in [4.78, 5) is 26.1. The van der Waals surface area contributed by atoms with E-state index >= 15 is 0 Å². The largest absolute Gasteiger partial charge is 0.474 e. The van der Waals surface area contributed by atoms with Crippen LogP contribution < -0.4 is 15.8 Å². The Balaban J connectivity index is 1.71. The van der Waals surface area contributed by atoms with Crippen LogP contribution in [0.2, 0.25) is 0 Å². The molecule has 0 aliphatic carbocycles. The molecule has 3 aromatic rings. The fraction of sp³-hybridized carbons (Fsp3) is 0.500. The van der Waals surface area contributed by atoms with Crippen LogP contribution in [0, 0.1) is 0 Å². The predicted molar refractivity (Wildman–Crippen MR) is 151 cm³/mol. The molecular weight excluding hydrogens is 518 g/mol. The van der Waals surface area contributed by atoms with Gasteiger partial charge >= 0.3 is 5.97 Å². The van der Waals surface area contributed by atoms with Crippen molar-refractivity contribution in [2.24, 2.45) is 5.73 Å². The third kappa shape index (κ3) is 6.30. The van der Waals surface area contributed by atoms with Crippen LogP contribution in [0.5, 0.6) is 5.88 Å². The van der Waals surface area contributed by atoms with Crippen molar-refractivity contribution in [3.63, 3.8) is 0 Å². The SMILES string of the molecule is CC[C@H](CCS(C)(=O)=O)Oc1ncc([C@](C)(N)CC)c2cc(Nc3ccc4c(n3)[C@@H](C)[C@H](C)OC4=O)ncc12. The van der Waals surface area contributed by atoms with Gasteiger partial charge in [0.2, 0.25) is 5.88 Å². The Kier molecular flexibility index (Phi) is 8.13. The summed E-state index contributed by atoms with van der Waals surface area (Å²) in [6.07, 6.45) is 5.72. The summed E-state index contributed by atoms with van der Waals surface area (Å²) in [5.74, 6) is 1.11. The van der Waals surface area contributed by atoms with Crippen molar-refractivity contribution >= 4 is 38.2 Å². The number of hydrogen-bond acceptors (Lipinski definition) is 10. The quantitative estimate of drug-likeness (QED) is 0.340. The highest BCUT2D eigenvalue weighted by molar-refractivity contribution is 7.90. The summed E-state index contributed by atoms with van der Waals surface area (Å²) >= 11 is 0. The van der Waals surface area contributed by atoms with Crippen molar-refractivity contribution in [1.82, 2.24) is 15.0 Å². The summed E-state index contributed by atoms with van der Waals surface area (Å²) in [6, 6.07) is 5.33. The van der Waals surface area contributed by atoms with E-state index in [1.807, 2.05) is 40.7 Å². The Labute approximate surface area is 229 Å². The van der Waals surface area contributed by atoms with Crippen molar-refractivity contribution < 1.29 is 22.7 Å². The van der Waals surface area contributed by atoms with Gasteiger partial charge < -0.3 is 20.5 Å². The Morgan fingerprint density at radius 2 is 1.90 bits per heavy atom. The van der Waals surface area contributed by atoms with Crippen LogP contribution in [0.15, 0.2) is 30.6 Å². The van der Waals surface area contributed by atoms with E-state index in [-0.39, 0.29) is 29.8 Å². The molecule has 4 rings (SSSR count). The van der Waals surface area contributed by atoms with Crippen LogP contribution in [0.4, 0.5) is 11.6 Å². The average molecular weight is 556 g/mol. The molecule has 210 valence electrons. The Bertz CT molecular complexity index is 1490. The van der Waals surface area contributed by atoms with E-state index in [1.54, 1.807) is 24.5 Å². The number of carbonyl (C=O) groups excluding carboxylic acids is 1. The van der Waals surface area contributed by atoms with Crippen LogP contribution in [-0.4, -0.2) is 53.6 Å². The molecule has 3 N–H and O–H groups in total. The molecule has 0 bridgehead atoms. The van der Waals surface area contributed by atoms with Gasteiger partial charge in [0.15, 0.2) is 0 Å². The van der Waals surface area contributed by atoms with Gasteiger partial charge in [-0.25, -0.2) is 28.2 Å². The fourth-order valence-electron chi connectivity index (χ4n) is 4.52. The molecule has 39 heavy (non-hydrogen) atoms. The summed E-state index contributed by atoms with van der Waals surface area (Å²) in [6.45, 7) is 9.75. The molecule has 11 heteroatoms. The standard InChI is InChI=1S/C28H37N5O5S/c1-7-18(11-12-39(6,35)36)38-26-21-14-30-24(13-20(21)22(15-31-26)28(5,29)8-2)32-23-10-9-19-25(33-23)16(3)17(4)37-27(19)34/h9-10,13-18H,7-8,11-12,29H2,1-6H3,(H,30,32,33)/t16-,17-,18+,28+/m0/s1. The van der Waals surface area contributed by atoms with Crippen LogP contribution in [0.3, 0.4) is 0 Å². The number of esters is 1. The first-order valence-electron chi connectivity index (χ1n) is 13.2. The van der Waals surface area contributed by atoms with Crippen LogP contribution in [0.25, 0.3) is 10.8 Å². The molecule has 0 amide bonds. The Hall–Kier alpha value is -3.31. The Morgan fingerprint density at radius 3 is 2.56 bits per heavy atom. The molecule has 10 nitrogen and oxygen atoms in total. The molecular formula is C28H37N5O5S. The van der Waals surface area contributed by atoms with Crippen molar-refractivity contribution in [2.45, 2.75) is 77.5 Å². The lowest BCUT2D eigenvalue weighted by molar-refractivity contribution is 0.0235. The summed E-state index contributed by atoms with van der Waals surface area (Å²) < 4.78 is 35.0. The van der Waals surface area contributed by atoms with Crippen LogP contribution >= 0.6 is 0 Å². The molecule has 0 aromatic carbocycles. The number of sulfone groups is 1. The maximum absolute atomic E-state index is 12.3. The number of ether oxygens (including phenoxy) is 2.